The molecule has 1 aromatic heterocycles. The SMILES string of the molecule is Oc1ccc(-c2cocc2-c2ccc([Se]c3ccccc3)cc2)cc1. The van der Waals surface area contributed by atoms with E-state index in [1.54, 1.807) is 24.7 Å². The second kappa shape index (κ2) is 7.02. The van der Waals surface area contributed by atoms with E-state index in [1.807, 2.05) is 18.2 Å². The van der Waals surface area contributed by atoms with E-state index in [0.717, 1.165) is 22.3 Å². The van der Waals surface area contributed by atoms with E-state index in [9.17, 15) is 5.11 Å². The van der Waals surface area contributed by atoms with Crippen LogP contribution in [0.1, 0.15) is 0 Å². The van der Waals surface area contributed by atoms with Crippen molar-refractivity contribution in [3.05, 3.63) is 91.4 Å². The van der Waals surface area contributed by atoms with Gasteiger partial charge in [0.05, 0.1) is 0 Å². The molecule has 122 valence electrons. The number of phenols is 1. The van der Waals surface area contributed by atoms with E-state index >= 15 is 0 Å². The van der Waals surface area contributed by atoms with Gasteiger partial charge in [0, 0.05) is 0 Å². The third kappa shape index (κ3) is 3.53. The van der Waals surface area contributed by atoms with Crippen LogP contribution >= 0.6 is 0 Å². The van der Waals surface area contributed by atoms with Crippen LogP contribution in [0.15, 0.2) is 95.8 Å². The Bertz CT molecular complexity index is 955. The van der Waals surface area contributed by atoms with Crippen LogP contribution in [0.2, 0.25) is 0 Å². The molecule has 3 heteroatoms. The monoisotopic (exact) mass is 392 g/mol. The summed E-state index contributed by atoms with van der Waals surface area (Å²) in [6.07, 6.45) is 3.53. The fraction of sp³-hybridized carbons (Fsp3) is 0. The fourth-order valence-electron chi connectivity index (χ4n) is 2.71. The maximum absolute atomic E-state index is 9.47. The molecule has 0 aliphatic heterocycles. The second-order valence-electron chi connectivity index (χ2n) is 5.69. The zero-order valence-electron chi connectivity index (χ0n) is 13.4. The van der Waals surface area contributed by atoms with Crippen LogP contribution in [0, 0.1) is 0 Å². The summed E-state index contributed by atoms with van der Waals surface area (Å²) in [5, 5.41) is 9.47. The number of furan rings is 1. The Labute approximate surface area is 152 Å². The molecule has 0 aliphatic carbocycles. The predicted molar refractivity (Wildman–Crippen MR) is 103 cm³/mol. The summed E-state index contributed by atoms with van der Waals surface area (Å²) in [6, 6.07) is 26.4. The first kappa shape index (κ1) is 15.8. The third-order valence-corrected chi connectivity index (χ3v) is 6.12. The molecule has 1 heterocycles. The van der Waals surface area contributed by atoms with Crippen LogP contribution in [-0.4, -0.2) is 20.1 Å². The molecule has 0 fully saturated rings. The van der Waals surface area contributed by atoms with Gasteiger partial charge in [0.1, 0.15) is 0 Å². The van der Waals surface area contributed by atoms with Crippen molar-refractivity contribution in [2.75, 3.05) is 0 Å². The molecule has 0 spiro atoms. The molecule has 2 nitrogen and oxygen atoms in total. The van der Waals surface area contributed by atoms with Gasteiger partial charge in [-0.25, -0.2) is 0 Å². The third-order valence-electron chi connectivity index (χ3n) is 3.98. The Morgan fingerprint density at radius 3 is 1.72 bits per heavy atom. The van der Waals surface area contributed by atoms with Gasteiger partial charge in [0.2, 0.25) is 0 Å². The van der Waals surface area contributed by atoms with Gasteiger partial charge in [-0.15, -0.1) is 0 Å². The Morgan fingerprint density at radius 1 is 0.600 bits per heavy atom. The summed E-state index contributed by atoms with van der Waals surface area (Å²) >= 11 is 0.315. The molecular formula is C22H16O2Se. The molecule has 1 N–H and O–H groups in total. The van der Waals surface area contributed by atoms with Crippen LogP contribution in [0.4, 0.5) is 0 Å². The van der Waals surface area contributed by atoms with Crippen molar-refractivity contribution in [2.24, 2.45) is 0 Å². The molecule has 0 amide bonds. The molecule has 0 unspecified atom stereocenters. The average molecular weight is 391 g/mol. The summed E-state index contributed by atoms with van der Waals surface area (Å²) in [5.74, 6) is 0.265. The molecule has 0 atom stereocenters. The van der Waals surface area contributed by atoms with Gasteiger partial charge in [-0.1, -0.05) is 0 Å². The quantitative estimate of drug-likeness (QED) is 0.534. The number of benzene rings is 3. The van der Waals surface area contributed by atoms with Crippen molar-refractivity contribution in [1.82, 2.24) is 0 Å². The van der Waals surface area contributed by atoms with Crippen LogP contribution in [0.5, 0.6) is 5.75 Å². The van der Waals surface area contributed by atoms with Gasteiger partial charge < -0.3 is 0 Å². The van der Waals surface area contributed by atoms with E-state index in [4.69, 9.17) is 4.42 Å². The number of aromatic hydroxyl groups is 1. The minimum absolute atomic E-state index is 0.265. The minimum atomic E-state index is 0.265. The van der Waals surface area contributed by atoms with Crippen molar-refractivity contribution >= 4 is 23.9 Å². The fourth-order valence-corrected chi connectivity index (χ4v) is 4.47. The molecule has 3 aromatic carbocycles. The first-order valence-electron chi connectivity index (χ1n) is 7.98. The van der Waals surface area contributed by atoms with Crippen LogP contribution < -0.4 is 8.92 Å². The molecular weight excluding hydrogens is 375 g/mol. The second-order valence-corrected chi connectivity index (χ2v) is 8.09. The van der Waals surface area contributed by atoms with E-state index in [2.05, 4.69) is 48.5 Å². The number of hydrogen-bond acceptors (Lipinski definition) is 2. The molecule has 0 bridgehead atoms. The molecule has 0 aliphatic rings. The van der Waals surface area contributed by atoms with E-state index in [0.29, 0.717) is 15.0 Å². The van der Waals surface area contributed by atoms with Gasteiger partial charge in [-0.2, -0.15) is 0 Å². The van der Waals surface area contributed by atoms with Gasteiger partial charge in [-0.3, -0.25) is 0 Å². The van der Waals surface area contributed by atoms with E-state index in [1.165, 1.54) is 8.92 Å². The number of rotatable bonds is 4. The zero-order valence-corrected chi connectivity index (χ0v) is 15.1. The van der Waals surface area contributed by atoms with Crippen LogP contribution in [0.25, 0.3) is 22.3 Å². The average Bonchev–Trinajstić information content (AvgIpc) is 3.14. The van der Waals surface area contributed by atoms with Gasteiger partial charge in [0.15, 0.2) is 0 Å². The van der Waals surface area contributed by atoms with Crippen molar-refractivity contribution in [3.63, 3.8) is 0 Å². The van der Waals surface area contributed by atoms with Gasteiger partial charge in [-0.05, 0) is 0 Å². The molecule has 25 heavy (non-hydrogen) atoms. The molecule has 0 saturated carbocycles. The summed E-state index contributed by atoms with van der Waals surface area (Å²) in [4.78, 5) is 0. The number of phenolic OH excluding ortho intramolecular Hbond substituents is 1. The standard InChI is InChI=1S/C22H16O2Se/c23-18-10-6-16(7-11-18)21-14-24-15-22(21)17-8-12-20(13-9-17)25-19-4-2-1-3-5-19/h1-15,23H. The Balaban J connectivity index is 1.61. The van der Waals surface area contributed by atoms with Crippen molar-refractivity contribution in [1.29, 1.82) is 0 Å². The van der Waals surface area contributed by atoms with E-state index < -0.39 is 0 Å². The summed E-state index contributed by atoms with van der Waals surface area (Å²) in [6.45, 7) is 0. The molecule has 0 saturated heterocycles. The summed E-state index contributed by atoms with van der Waals surface area (Å²) < 4.78 is 8.17. The maximum atomic E-state index is 9.47. The summed E-state index contributed by atoms with van der Waals surface area (Å²) in [7, 11) is 0. The van der Waals surface area contributed by atoms with Crippen molar-refractivity contribution in [2.45, 2.75) is 0 Å². The Kier molecular flexibility index (Phi) is 4.43. The number of hydrogen-bond donors (Lipinski definition) is 1. The van der Waals surface area contributed by atoms with E-state index in [-0.39, 0.29) is 5.75 Å². The first-order valence-corrected chi connectivity index (χ1v) is 9.70. The van der Waals surface area contributed by atoms with Crippen LogP contribution in [0.3, 0.4) is 0 Å². The molecule has 4 aromatic rings. The molecule has 0 radical (unpaired) electrons. The van der Waals surface area contributed by atoms with Crippen LogP contribution in [-0.2, 0) is 0 Å². The van der Waals surface area contributed by atoms with Gasteiger partial charge in [0.25, 0.3) is 0 Å². The normalized spacial score (nSPS) is 10.7. The first-order chi connectivity index (χ1) is 12.3. The van der Waals surface area contributed by atoms with Gasteiger partial charge >= 0.3 is 153 Å². The van der Waals surface area contributed by atoms with Crippen molar-refractivity contribution < 1.29 is 9.52 Å². The molecule has 4 rings (SSSR count). The zero-order chi connectivity index (χ0) is 17.1. The summed E-state index contributed by atoms with van der Waals surface area (Å²) in [5.41, 5.74) is 4.24. The Morgan fingerprint density at radius 2 is 1.12 bits per heavy atom. The Hall–Kier alpha value is -2.74. The van der Waals surface area contributed by atoms with Crippen molar-refractivity contribution in [3.8, 4) is 28.0 Å². The predicted octanol–water partition coefficient (Wildman–Crippen LogP) is 3.97. The topological polar surface area (TPSA) is 33.4 Å².